The van der Waals surface area contributed by atoms with Crippen molar-refractivity contribution in [3.05, 3.63) is 41.7 Å². The molecule has 2 aromatic heterocycles. The summed E-state index contributed by atoms with van der Waals surface area (Å²) < 4.78 is 5.04. The van der Waals surface area contributed by atoms with Gasteiger partial charge in [0, 0.05) is 56.8 Å². The average Bonchev–Trinajstić information content (AvgIpc) is 3.25. The number of anilines is 1. The number of hydrogen-bond acceptors (Lipinski definition) is 6. The Bertz CT molecular complexity index is 827. The third-order valence-electron chi connectivity index (χ3n) is 4.93. The summed E-state index contributed by atoms with van der Waals surface area (Å²) in [5.74, 6) is 2.23. The van der Waals surface area contributed by atoms with Gasteiger partial charge in [0.25, 0.3) is 5.91 Å². The second-order valence-corrected chi connectivity index (χ2v) is 7.59. The van der Waals surface area contributed by atoms with Crippen molar-refractivity contribution in [1.29, 1.82) is 0 Å². The SMILES string of the molecule is Cc1cc(N2CCN(C(=O)CCCNC(=O)c3ccco3)CC2)nc(C(C)C)n1. The lowest BCUT2D eigenvalue weighted by molar-refractivity contribution is -0.131. The van der Waals surface area contributed by atoms with Crippen LogP contribution in [0.4, 0.5) is 5.82 Å². The summed E-state index contributed by atoms with van der Waals surface area (Å²) >= 11 is 0. The molecule has 0 aliphatic carbocycles. The fourth-order valence-electron chi connectivity index (χ4n) is 3.27. The Morgan fingerprint density at radius 1 is 1.21 bits per heavy atom. The summed E-state index contributed by atoms with van der Waals surface area (Å²) in [6.07, 6.45) is 2.49. The molecule has 2 amide bonds. The lowest BCUT2D eigenvalue weighted by atomic mass is 10.2. The van der Waals surface area contributed by atoms with Crippen LogP contribution in [0.3, 0.4) is 0 Å². The first-order valence-electron chi connectivity index (χ1n) is 10.1. The van der Waals surface area contributed by atoms with Crippen LogP contribution in [0.1, 0.15) is 54.7 Å². The van der Waals surface area contributed by atoms with Crippen LogP contribution in [0.15, 0.2) is 28.9 Å². The summed E-state index contributed by atoms with van der Waals surface area (Å²) in [6.45, 7) is 9.49. The van der Waals surface area contributed by atoms with Gasteiger partial charge in [0.1, 0.15) is 11.6 Å². The predicted molar refractivity (Wildman–Crippen MR) is 110 cm³/mol. The molecule has 0 spiro atoms. The number of aryl methyl sites for hydroxylation is 1. The van der Waals surface area contributed by atoms with E-state index in [9.17, 15) is 9.59 Å². The molecule has 3 rings (SSSR count). The number of nitrogens with one attached hydrogen (secondary N) is 1. The lowest BCUT2D eigenvalue weighted by Gasteiger charge is -2.35. The molecule has 0 atom stereocenters. The quantitative estimate of drug-likeness (QED) is 0.719. The molecule has 1 aliphatic rings. The van der Waals surface area contributed by atoms with Gasteiger partial charge >= 0.3 is 0 Å². The molecule has 156 valence electrons. The van der Waals surface area contributed by atoms with Crippen molar-refractivity contribution in [3.63, 3.8) is 0 Å². The summed E-state index contributed by atoms with van der Waals surface area (Å²) in [5, 5.41) is 2.77. The minimum Gasteiger partial charge on any atom is -0.459 e. The van der Waals surface area contributed by atoms with Gasteiger partial charge in [-0.15, -0.1) is 0 Å². The second kappa shape index (κ2) is 9.54. The Balaban J connectivity index is 1.42. The van der Waals surface area contributed by atoms with Crippen molar-refractivity contribution in [1.82, 2.24) is 20.2 Å². The number of carbonyl (C=O) groups excluding carboxylic acids is 2. The normalized spacial score (nSPS) is 14.3. The molecule has 1 aliphatic heterocycles. The Hall–Kier alpha value is -2.90. The van der Waals surface area contributed by atoms with E-state index in [1.54, 1.807) is 12.1 Å². The van der Waals surface area contributed by atoms with Gasteiger partial charge in [0.2, 0.25) is 5.91 Å². The maximum Gasteiger partial charge on any atom is 0.286 e. The van der Waals surface area contributed by atoms with Crippen molar-refractivity contribution in [2.24, 2.45) is 0 Å². The first-order chi connectivity index (χ1) is 13.9. The topological polar surface area (TPSA) is 91.6 Å². The molecule has 2 aromatic rings. The highest BCUT2D eigenvalue weighted by atomic mass is 16.3. The molecule has 1 N–H and O–H groups in total. The smallest absolute Gasteiger partial charge is 0.286 e. The second-order valence-electron chi connectivity index (χ2n) is 7.59. The molecule has 8 heteroatoms. The first kappa shape index (κ1) is 20.8. The fraction of sp³-hybridized carbons (Fsp3) is 0.524. The number of hydrogen-bond donors (Lipinski definition) is 1. The summed E-state index contributed by atoms with van der Waals surface area (Å²) in [5.41, 5.74) is 0.966. The predicted octanol–water partition coefficient (Wildman–Crippen LogP) is 2.36. The zero-order valence-corrected chi connectivity index (χ0v) is 17.4. The Labute approximate surface area is 171 Å². The van der Waals surface area contributed by atoms with Gasteiger partial charge < -0.3 is 19.5 Å². The van der Waals surface area contributed by atoms with Gasteiger partial charge in [0.05, 0.1) is 6.26 Å². The largest absolute Gasteiger partial charge is 0.459 e. The molecule has 0 radical (unpaired) electrons. The highest BCUT2D eigenvalue weighted by Gasteiger charge is 2.22. The Kier molecular flexibility index (Phi) is 6.85. The van der Waals surface area contributed by atoms with E-state index in [4.69, 9.17) is 4.42 Å². The van der Waals surface area contributed by atoms with Crippen LogP contribution in [0, 0.1) is 6.92 Å². The van der Waals surface area contributed by atoms with Gasteiger partial charge in [-0.3, -0.25) is 9.59 Å². The highest BCUT2D eigenvalue weighted by Crippen LogP contribution is 2.19. The number of furan rings is 1. The van der Waals surface area contributed by atoms with Gasteiger partial charge in [-0.05, 0) is 25.5 Å². The summed E-state index contributed by atoms with van der Waals surface area (Å²) in [4.78, 5) is 37.6. The molecule has 1 fully saturated rings. The molecule has 1 saturated heterocycles. The maximum atomic E-state index is 12.5. The van der Waals surface area contributed by atoms with E-state index in [-0.39, 0.29) is 23.5 Å². The molecule has 0 aromatic carbocycles. The average molecular weight is 399 g/mol. The maximum absolute atomic E-state index is 12.5. The molecule has 8 nitrogen and oxygen atoms in total. The van der Waals surface area contributed by atoms with Crippen LogP contribution in [0.25, 0.3) is 0 Å². The van der Waals surface area contributed by atoms with E-state index in [1.165, 1.54) is 6.26 Å². The van der Waals surface area contributed by atoms with E-state index in [1.807, 2.05) is 17.9 Å². The molecule has 0 unspecified atom stereocenters. The third kappa shape index (κ3) is 5.56. The van der Waals surface area contributed by atoms with Crippen LogP contribution in [-0.2, 0) is 4.79 Å². The zero-order chi connectivity index (χ0) is 20.8. The van der Waals surface area contributed by atoms with E-state index in [0.717, 1.165) is 30.4 Å². The number of carbonyl (C=O) groups is 2. The summed E-state index contributed by atoms with van der Waals surface area (Å²) in [7, 11) is 0. The van der Waals surface area contributed by atoms with Crippen LogP contribution in [0.2, 0.25) is 0 Å². The van der Waals surface area contributed by atoms with Crippen LogP contribution < -0.4 is 10.2 Å². The monoisotopic (exact) mass is 399 g/mol. The van der Waals surface area contributed by atoms with E-state index in [0.29, 0.717) is 32.5 Å². The van der Waals surface area contributed by atoms with E-state index < -0.39 is 0 Å². The number of rotatable bonds is 7. The van der Waals surface area contributed by atoms with Crippen molar-refractivity contribution in [2.45, 2.75) is 39.5 Å². The molecule has 0 bridgehead atoms. The number of amides is 2. The third-order valence-corrected chi connectivity index (χ3v) is 4.93. The number of aromatic nitrogens is 2. The fourth-order valence-corrected chi connectivity index (χ4v) is 3.27. The minimum atomic E-state index is -0.253. The van der Waals surface area contributed by atoms with Crippen LogP contribution in [-0.4, -0.2) is 59.4 Å². The van der Waals surface area contributed by atoms with Gasteiger partial charge in [-0.25, -0.2) is 9.97 Å². The molecular weight excluding hydrogens is 370 g/mol. The van der Waals surface area contributed by atoms with E-state index in [2.05, 4.69) is 34.0 Å². The van der Waals surface area contributed by atoms with Gasteiger partial charge in [-0.2, -0.15) is 0 Å². The van der Waals surface area contributed by atoms with E-state index >= 15 is 0 Å². The van der Waals surface area contributed by atoms with Crippen molar-refractivity contribution < 1.29 is 14.0 Å². The van der Waals surface area contributed by atoms with Crippen LogP contribution in [0.5, 0.6) is 0 Å². The zero-order valence-electron chi connectivity index (χ0n) is 17.4. The lowest BCUT2D eigenvalue weighted by Crippen LogP contribution is -2.49. The van der Waals surface area contributed by atoms with Crippen molar-refractivity contribution >= 4 is 17.6 Å². The van der Waals surface area contributed by atoms with Gasteiger partial charge in [0.15, 0.2) is 5.76 Å². The molecule has 0 saturated carbocycles. The van der Waals surface area contributed by atoms with Crippen molar-refractivity contribution in [3.8, 4) is 0 Å². The number of nitrogens with zero attached hydrogens (tertiary/aromatic N) is 4. The standard InChI is InChI=1S/C21H29N5O3/c1-15(2)20-23-16(3)14-18(24-20)25-9-11-26(12-10-25)19(27)7-4-8-22-21(28)17-6-5-13-29-17/h5-6,13-15H,4,7-12H2,1-3H3,(H,22,28). The number of piperazine rings is 1. The Morgan fingerprint density at radius 2 is 1.97 bits per heavy atom. The van der Waals surface area contributed by atoms with Crippen molar-refractivity contribution in [2.75, 3.05) is 37.6 Å². The molecule has 3 heterocycles. The molecule has 29 heavy (non-hydrogen) atoms. The minimum absolute atomic E-state index is 0.124. The Morgan fingerprint density at radius 3 is 2.62 bits per heavy atom. The highest BCUT2D eigenvalue weighted by molar-refractivity contribution is 5.91. The van der Waals surface area contributed by atoms with Crippen LogP contribution >= 0.6 is 0 Å². The van der Waals surface area contributed by atoms with Gasteiger partial charge in [-0.1, -0.05) is 13.8 Å². The summed E-state index contributed by atoms with van der Waals surface area (Å²) in [6, 6.07) is 5.29. The first-order valence-corrected chi connectivity index (χ1v) is 10.1. The molecular formula is C21H29N5O3.